The number of nitrogens with one attached hydrogen (secondary N) is 2. The van der Waals surface area contributed by atoms with Crippen molar-refractivity contribution in [3.8, 4) is 0 Å². The van der Waals surface area contributed by atoms with Gasteiger partial charge in [0.25, 0.3) is 0 Å². The zero-order valence-corrected chi connectivity index (χ0v) is 21.2. The summed E-state index contributed by atoms with van der Waals surface area (Å²) in [6, 6.07) is 0.539. The first kappa shape index (κ1) is 26.4. The molecular formula is C17H26ClN7O9P2. The van der Waals surface area contributed by atoms with Crippen molar-refractivity contribution in [1.82, 2.24) is 29.7 Å². The summed E-state index contributed by atoms with van der Waals surface area (Å²) in [4.78, 5) is 42.6. The smallest absolute Gasteiger partial charge is 0.340 e. The number of imidazole rings is 1. The quantitative estimate of drug-likeness (QED) is 0.147. The van der Waals surface area contributed by atoms with Gasteiger partial charge in [0.2, 0.25) is 5.28 Å². The van der Waals surface area contributed by atoms with E-state index in [4.69, 9.17) is 30.6 Å². The van der Waals surface area contributed by atoms with Crippen LogP contribution in [-0.2, 0) is 18.4 Å². The second-order valence-electron chi connectivity index (χ2n) is 8.99. The minimum absolute atomic E-state index is 0.0871. The van der Waals surface area contributed by atoms with E-state index >= 15 is 0 Å². The fraction of sp³-hybridized carbons (Fsp3) is 0.706. The van der Waals surface area contributed by atoms with Crippen LogP contribution in [0.15, 0.2) is 6.33 Å². The second-order valence-corrected chi connectivity index (χ2v) is 13.3. The summed E-state index contributed by atoms with van der Waals surface area (Å²) in [6.45, 7) is 1.94. The number of hydrogen-bond donors (Lipinski definition) is 7. The number of halogens is 1. The van der Waals surface area contributed by atoms with Crippen LogP contribution in [-0.4, -0.2) is 112 Å². The number of aromatic nitrogens is 4. The number of ether oxygens (including phenoxy) is 1. The first-order valence-corrected chi connectivity index (χ1v) is 15.0. The van der Waals surface area contributed by atoms with Crippen molar-refractivity contribution >= 4 is 43.8 Å². The van der Waals surface area contributed by atoms with Gasteiger partial charge >= 0.3 is 15.2 Å². The Morgan fingerprint density at radius 2 is 2.03 bits per heavy atom. The minimum Gasteiger partial charge on any atom is -0.387 e. The Kier molecular flexibility index (Phi) is 7.18. The van der Waals surface area contributed by atoms with Crippen molar-refractivity contribution in [2.45, 2.75) is 43.2 Å². The van der Waals surface area contributed by atoms with Crippen molar-refractivity contribution in [1.29, 1.82) is 0 Å². The molecule has 19 heteroatoms. The summed E-state index contributed by atoms with van der Waals surface area (Å²) < 4.78 is 34.7. The van der Waals surface area contributed by atoms with Crippen LogP contribution in [0.5, 0.6) is 0 Å². The van der Waals surface area contributed by atoms with Gasteiger partial charge in [-0.25, -0.2) is 4.98 Å². The Bertz CT molecular complexity index is 1230. The standard InChI is InChI=1S/C17H26ClN7O9P2/c18-17-22-14(21-10-4-24-2-1-8(24)3-19-10)11-15(23-17)25(6-20-11)16-13(27)12(26)9(34-16)5-33-36(31,32)7-35(28,29)30/h6,8-10,12-13,16,19,26-27H,1-5,7H2,(H,31,32)(H,21,22,23)(H2,28,29,30). The van der Waals surface area contributed by atoms with Gasteiger partial charge in [0, 0.05) is 25.7 Å². The Labute approximate surface area is 209 Å². The summed E-state index contributed by atoms with van der Waals surface area (Å²) in [6.07, 6.45) is -3.17. The van der Waals surface area contributed by atoms with Crippen LogP contribution in [0.3, 0.4) is 0 Å². The van der Waals surface area contributed by atoms with E-state index in [0.29, 0.717) is 17.4 Å². The summed E-state index contributed by atoms with van der Waals surface area (Å²) in [5.74, 6) is -1.02. The van der Waals surface area contributed by atoms with E-state index in [-0.39, 0.29) is 17.1 Å². The van der Waals surface area contributed by atoms with Crippen LogP contribution in [0, 0.1) is 0 Å². The van der Waals surface area contributed by atoms with E-state index in [2.05, 4.69) is 30.5 Å². The van der Waals surface area contributed by atoms with E-state index in [1.165, 1.54) is 10.9 Å². The van der Waals surface area contributed by atoms with Crippen molar-refractivity contribution in [2.75, 3.05) is 37.5 Å². The fourth-order valence-corrected chi connectivity index (χ4v) is 7.28. The van der Waals surface area contributed by atoms with Crippen molar-refractivity contribution in [2.24, 2.45) is 0 Å². The minimum atomic E-state index is -4.82. The van der Waals surface area contributed by atoms with E-state index < -0.39 is 52.2 Å². The molecule has 36 heavy (non-hydrogen) atoms. The molecule has 7 unspecified atom stereocenters. The predicted octanol–water partition coefficient (Wildman–Crippen LogP) is -1.15. The first-order valence-electron chi connectivity index (χ1n) is 11.1. The average Bonchev–Trinajstić information content (AvgIpc) is 3.28. The maximum Gasteiger partial charge on any atom is 0.340 e. The molecule has 200 valence electrons. The van der Waals surface area contributed by atoms with Crippen LogP contribution in [0.4, 0.5) is 5.82 Å². The van der Waals surface area contributed by atoms with E-state index in [0.717, 1.165) is 26.1 Å². The summed E-state index contributed by atoms with van der Waals surface area (Å²) >= 11 is 6.16. The molecule has 0 radical (unpaired) electrons. The van der Waals surface area contributed by atoms with Crippen LogP contribution >= 0.6 is 26.8 Å². The van der Waals surface area contributed by atoms with Gasteiger partial charge in [-0.05, 0) is 18.0 Å². The second kappa shape index (κ2) is 9.80. The zero-order chi connectivity index (χ0) is 25.8. The predicted molar refractivity (Wildman–Crippen MR) is 124 cm³/mol. The molecule has 0 amide bonds. The van der Waals surface area contributed by atoms with E-state index in [1.807, 2.05) is 0 Å². The number of hydrogen-bond acceptors (Lipinski definition) is 12. The Hall–Kier alpha value is -1.26. The third kappa shape index (κ3) is 5.46. The summed E-state index contributed by atoms with van der Waals surface area (Å²) in [5.41, 5.74) is 0.556. The summed E-state index contributed by atoms with van der Waals surface area (Å²) in [5, 5.41) is 27.6. The van der Waals surface area contributed by atoms with Crippen molar-refractivity contribution < 1.29 is 43.3 Å². The highest BCUT2D eigenvalue weighted by molar-refractivity contribution is 7.70. The molecule has 2 aromatic rings. The molecule has 0 aliphatic carbocycles. The molecule has 0 saturated carbocycles. The molecule has 3 aliphatic rings. The molecule has 16 nitrogen and oxygen atoms in total. The van der Waals surface area contributed by atoms with Gasteiger partial charge in [-0.1, -0.05) is 0 Å². The van der Waals surface area contributed by atoms with Gasteiger partial charge in [0.1, 0.15) is 18.3 Å². The van der Waals surface area contributed by atoms with Gasteiger partial charge in [0.15, 0.2) is 29.1 Å². The Morgan fingerprint density at radius 3 is 2.69 bits per heavy atom. The van der Waals surface area contributed by atoms with Crippen LogP contribution < -0.4 is 10.6 Å². The molecule has 0 aromatic carbocycles. The zero-order valence-electron chi connectivity index (χ0n) is 18.7. The molecule has 7 N–H and O–H groups in total. The van der Waals surface area contributed by atoms with Gasteiger partial charge in [0.05, 0.1) is 19.1 Å². The molecule has 5 rings (SSSR count). The molecule has 0 spiro atoms. The molecule has 0 bridgehead atoms. The topological polar surface area (TPSA) is 225 Å². The van der Waals surface area contributed by atoms with Gasteiger partial charge in [-0.3, -0.25) is 23.9 Å². The summed E-state index contributed by atoms with van der Waals surface area (Å²) in [7, 11) is -9.50. The number of rotatable bonds is 8. The number of fused-ring (bicyclic) bond motifs is 2. The Morgan fingerprint density at radius 1 is 1.25 bits per heavy atom. The van der Waals surface area contributed by atoms with Crippen molar-refractivity contribution in [3.63, 3.8) is 0 Å². The molecule has 3 fully saturated rings. The lowest BCUT2D eigenvalue weighted by atomic mass is 10.0. The maximum absolute atomic E-state index is 11.9. The third-order valence-corrected chi connectivity index (χ3v) is 10.0. The number of aliphatic hydroxyl groups is 2. The molecule has 7 atom stereocenters. The number of nitrogens with zero attached hydrogens (tertiary/aromatic N) is 5. The first-order chi connectivity index (χ1) is 16.9. The molecular weight excluding hydrogens is 544 g/mol. The highest BCUT2D eigenvalue weighted by Crippen LogP contribution is 2.55. The molecule has 2 aromatic heterocycles. The SMILES string of the molecule is O=P(O)(O)CP(=O)(O)OCC1OC(n2cnc3c(NC4CN5CCC5CN4)nc(Cl)nc32)C(O)C1O. The van der Waals surface area contributed by atoms with Gasteiger partial charge < -0.3 is 39.5 Å². The average molecular weight is 570 g/mol. The highest BCUT2D eigenvalue weighted by Gasteiger charge is 2.46. The van der Waals surface area contributed by atoms with Gasteiger partial charge in [-0.15, -0.1) is 0 Å². The molecule has 3 aliphatic heterocycles. The van der Waals surface area contributed by atoms with Crippen LogP contribution in [0.25, 0.3) is 11.2 Å². The van der Waals surface area contributed by atoms with Gasteiger partial charge in [-0.2, -0.15) is 9.97 Å². The van der Waals surface area contributed by atoms with E-state index in [1.54, 1.807) is 0 Å². The maximum atomic E-state index is 11.9. The molecule has 5 heterocycles. The van der Waals surface area contributed by atoms with Crippen molar-refractivity contribution in [3.05, 3.63) is 11.6 Å². The Balaban J connectivity index is 1.32. The van der Waals surface area contributed by atoms with Crippen LogP contribution in [0.1, 0.15) is 12.6 Å². The van der Waals surface area contributed by atoms with E-state index in [9.17, 15) is 24.2 Å². The highest BCUT2D eigenvalue weighted by atomic mass is 35.5. The van der Waals surface area contributed by atoms with Crippen LogP contribution in [0.2, 0.25) is 5.28 Å². The number of anilines is 1. The number of piperazine rings is 1. The third-order valence-electron chi connectivity index (χ3n) is 6.40. The lowest BCUT2D eigenvalue weighted by molar-refractivity contribution is -0.0483. The number of aliphatic hydroxyl groups excluding tert-OH is 2. The normalized spacial score (nSPS) is 32.7. The monoisotopic (exact) mass is 569 g/mol. The lowest BCUT2D eigenvalue weighted by Crippen LogP contribution is -2.64. The fourth-order valence-electron chi connectivity index (χ4n) is 4.54. The largest absolute Gasteiger partial charge is 0.387 e. The lowest BCUT2D eigenvalue weighted by Gasteiger charge is -2.47. The molecule has 3 saturated heterocycles.